The van der Waals surface area contributed by atoms with Gasteiger partial charge in [-0.05, 0) is 6.92 Å². The van der Waals surface area contributed by atoms with E-state index in [1.54, 1.807) is 38.9 Å². The highest BCUT2D eigenvalue weighted by Crippen LogP contribution is 2.27. The Labute approximate surface area is 133 Å². The highest BCUT2D eigenvalue weighted by Gasteiger charge is 2.42. The predicted octanol–water partition coefficient (Wildman–Crippen LogP) is 2.12. The third-order valence-electron chi connectivity index (χ3n) is 3.27. The van der Waals surface area contributed by atoms with Gasteiger partial charge < -0.3 is 14.8 Å². The fraction of sp³-hybridized carbons (Fsp3) is 0.267. The highest BCUT2D eigenvalue weighted by atomic mass is 16.7. The first kappa shape index (κ1) is 15.2. The molecule has 3 rings (SSSR count). The van der Waals surface area contributed by atoms with Gasteiger partial charge in [0.15, 0.2) is 6.20 Å². The third kappa shape index (κ3) is 2.94. The number of ether oxygens (including phenoxy) is 2. The summed E-state index contributed by atoms with van der Waals surface area (Å²) in [6.45, 7) is 2.39. The molecule has 0 fully saturated rings. The van der Waals surface area contributed by atoms with E-state index in [1.165, 1.54) is 0 Å². The number of amidine groups is 1. The van der Waals surface area contributed by atoms with E-state index in [2.05, 4.69) is 20.4 Å². The van der Waals surface area contributed by atoms with E-state index in [9.17, 15) is 0 Å². The SMILES string of the molecule is CCO[N+]12C=CN=CC1=NC(Nc1cc(OC)cc(OC)c1)=N2. The number of rotatable bonds is 5. The van der Waals surface area contributed by atoms with Gasteiger partial charge in [0.05, 0.1) is 20.4 Å². The summed E-state index contributed by atoms with van der Waals surface area (Å²) in [5, 5.41) is 7.64. The van der Waals surface area contributed by atoms with Gasteiger partial charge in [-0.2, -0.15) is 4.84 Å². The normalized spacial score (nSPS) is 21.5. The van der Waals surface area contributed by atoms with Gasteiger partial charge in [-0.25, -0.2) is 0 Å². The minimum absolute atomic E-state index is 0.149. The van der Waals surface area contributed by atoms with Crippen molar-refractivity contribution in [1.29, 1.82) is 0 Å². The molecule has 0 saturated heterocycles. The summed E-state index contributed by atoms with van der Waals surface area (Å²) >= 11 is 0. The van der Waals surface area contributed by atoms with Gasteiger partial charge in [-0.15, -0.1) is 4.99 Å². The van der Waals surface area contributed by atoms with Crippen LogP contribution < -0.4 is 14.8 Å². The number of hydrogen-bond donors (Lipinski definition) is 1. The summed E-state index contributed by atoms with van der Waals surface area (Å²) in [6.07, 6.45) is 4.98. The van der Waals surface area contributed by atoms with E-state index in [0.717, 1.165) is 5.69 Å². The van der Waals surface area contributed by atoms with Crippen molar-refractivity contribution in [2.24, 2.45) is 15.1 Å². The van der Waals surface area contributed by atoms with E-state index >= 15 is 0 Å². The van der Waals surface area contributed by atoms with Crippen molar-refractivity contribution >= 4 is 23.7 Å². The van der Waals surface area contributed by atoms with E-state index < -0.39 is 0 Å². The first-order valence-electron chi connectivity index (χ1n) is 7.13. The van der Waals surface area contributed by atoms with Crippen LogP contribution in [0.5, 0.6) is 11.5 Å². The predicted molar refractivity (Wildman–Crippen MR) is 87.6 cm³/mol. The molecule has 0 bridgehead atoms. The Morgan fingerprint density at radius 1 is 1.13 bits per heavy atom. The van der Waals surface area contributed by atoms with Crippen molar-refractivity contribution in [2.45, 2.75) is 6.92 Å². The van der Waals surface area contributed by atoms with Crippen LogP contribution in [0.15, 0.2) is 45.7 Å². The van der Waals surface area contributed by atoms with Gasteiger partial charge in [0.1, 0.15) is 24.3 Å². The number of quaternary nitrogens is 1. The fourth-order valence-electron chi connectivity index (χ4n) is 2.25. The summed E-state index contributed by atoms with van der Waals surface area (Å²) < 4.78 is 10.4. The molecule has 1 unspecified atom stereocenters. The number of methoxy groups -OCH3 is 2. The minimum atomic E-state index is -0.149. The molecule has 1 atom stereocenters. The van der Waals surface area contributed by atoms with E-state index in [1.807, 2.05) is 19.1 Å². The maximum Gasteiger partial charge on any atom is 0.315 e. The molecular weight excluding hydrogens is 298 g/mol. The van der Waals surface area contributed by atoms with Crippen LogP contribution in [0.2, 0.25) is 0 Å². The van der Waals surface area contributed by atoms with Gasteiger partial charge in [0, 0.05) is 33.7 Å². The molecule has 0 aromatic heterocycles. The average molecular weight is 316 g/mol. The molecule has 0 radical (unpaired) electrons. The Bertz CT molecular complexity index is 704. The van der Waals surface area contributed by atoms with Crippen LogP contribution in [0.3, 0.4) is 0 Å². The molecule has 23 heavy (non-hydrogen) atoms. The van der Waals surface area contributed by atoms with E-state index in [-0.39, 0.29) is 4.76 Å². The molecule has 0 aliphatic carbocycles. The number of nitrogens with zero attached hydrogens (tertiary/aromatic N) is 4. The smallest absolute Gasteiger partial charge is 0.315 e. The maximum absolute atomic E-state index is 5.70. The lowest BCUT2D eigenvalue weighted by molar-refractivity contribution is -0.997. The van der Waals surface area contributed by atoms with Crippen LogP contribution in [0.1, 0.15) is 6.92 Å². The second kappa shape index (κ2) is 6.19. The standard InChI is InChI=1S/C15H18N5O3/c1-4-23-20-6-5-16-10-14(20)18-15(19-20)17-11-7-12(21-2)9-13(8-11)22-3/h5-10H,4H2,1-3H3,(H,17,19)/q+1. The third-order valence-corrected chi connectivity index (χ3v) is 3.27. The second-order valence-electron chi connectivity index (χ2n) is 4.74. The van der Waals surface area contributed by atoms with Crippen LogP contribution >= 0.6 is 0 Å². The van der Waals surface area contributed by atoms with Crippen LogP contribution in [-0.2, 0) is 4.84 Å². The maximum atomic E-state index is 5.70. The number of hydroxylamine groups is 2. The number of nitrogens with one attached hydrogen (secondary N) is 1. The van der Waals surface area contributed by atoms with Crippen molar-refractivity contribution in [2.75, 3.05) is 26.1 Å². The van der Waals surface area contributed by atoms with Crippen LogP contribution in [0.25, 0.3) is 0 Å². The van der Waals surface area contributed by atoms with Crippen molar-refractivity contribution in [3.05, 3.63) is 30.6 Å². The number of fused-ring (bicyclic) bond motifs is 1. The first-order chi connectivity index (χ1) is 11.2. The molecule has 0 spiro atoms. The van der Waals surface area contributed by atoms with Crippen molar-refractivity contribution < 1.29 is 19.1 Å². The lowest BCUT2D eigenvalue weighted by Crippen LogP contribution is -2.43. The lowest BCUT2D eigenvalue weighted by atomic mass is 10.3. The Morgan fingerprint density at radius 3 is 2.52 bits per heavy atom. The molecule has 1 aromatic rings. The van der Waals surface area contributed by atoms with Crippen LogP contribution in [0.4, 0.5) is 5.69 Å². The molecule has 2 heterocycles. The zero-order valence-corrected chi connectivity index (χ0v) is 13.2. The topological polar surface area (TPSA) is 76.8 Å². The largest absolute Gasteiger partial charge is 0.497 e. The molecule has 2 aliphatic heterocycles. The van der Waals surface area contributed by atoms with Crippen LogP contribution in [0, 0.1) is 0 Å². The molecule has 0 saturated carbocycles. The summed E-state index contributed by atoms with van der Waals surface area (Å²) in [6, 6.07) is 5.45. The molecule has 8 heteroatoms. The van der Waals surface area contributed by atoms with Crippen molar-refractivity contribution in [3.8, 4) is 11.5 Å². The number of benzene rings is 1. The summed E-state index contributed by atoms with van der Waals surface area (Å²) in [4.78, 5) is 14.2. The minimum Gasteiger partial charge on any atom is -0.497 e. The van der Waals surface area contributed by atoms with Crippen molar-refractivity contribution in [1.82, 2.24) is 0 Å². The monoisotopic (exact) mass is 316 g/mol. The lowest BCUT2D eigenvalue weighted by Gasteiger charge is -2.20. The zero-order valence-electron chi connectivity index (χ0n) is 13.2. The summed E-state index contributed by atoms with van der Waals surface area (Å²) in [5.74, 6) is 2.35. The zero-order chi connectivity index (χ0) is 16.3. The highest BCUT2D eigenvalue weighted by molar-refractivity contribution is 6.30. The van der Waals surface area contributed by atoms with Gasteiger partial charge >= 0.3 is 5.84 Å². The number of aliphatic imine (C=N–C) groups is 2. The summed E-state index contributed by atoms with van der Waals surface area (Å²) in [7, 11) is 3.20. The molecule has 8 nitrogen and oxygen atoms in total. The molecule has 1 aromatic carbocycles. The summed E-state index contributed by atoms with van der Waals surface area (Å²) in [5.41, 5.74) is 0.750. The van der Waals surface area contributed by atoms with E-state index in [0.29, 0.717) is 29.9 Å². The molecule has 0 amide bonds. The van der Waals surface area contributed by atoms with Gasteiger partial charge in [-0.3, -0.25) is 4.99 Å². The molecule has 2 aliphatic rings. The first-order valence-corrected chi connectivity index (χ1v) is 7.13. The molecule has 1 N–H and O–H groups in total. The number of hydrogen-bond acceptors (Lipinski definition) is 7. The number of anilines is 1. The Kier molecular flexibility index (Phi) is 4.09. The Balaban J connectivity index is 1.89. The fourth-order valence-corrected chi connectivity index (χ4v) is 2.25. The Hall–Kier alpha value is -2.71. The molecular formula is C15H18N5O3+. The van der Waals surface area contributed by atoms with Gasteiger partial charge in [0.25, 0.3) is 5.96 Å². The Morgan fingerprint density at radius 2 is 1.87 bits per heavy atom. The second-order valence-corrected chi connectivity index (χ2v) is 4.74. The van der Waals surface area contributed by atoms with Crippen LogP contribution in [-0.4, -0.2) is 43.6 Å². The molecule has 120 valence electrons. The van der Waals surface area contributed by atoms with Gasteiger partial charge in [0.2, 0.25) is 0 Å². The quantitative estimate of drug-likeness (QED) is 0.844. The number of guanidine groups is 1. The average Bonchev–Trinajstić information content (AvgIpc) is 2.92. The van der Waals surface area contributed by atoms with Crippen molar-refractivity contribution in [3.63, 3.8) is 0 Å². The van der Waals surface area contributed by atoms with Gasteiger partial charge in [-0.1, -0.05) is 0 Å². The van der Waals surface area contributed by atoms with E-state index in [4.69, 9.17) is 14.3 Å².